The van der Waals surface area contributed by atoms with Gasteiger partial charge in [0.05, 0.1) is 12.3 Å². The quantitative estimate of drug-likeness (QED) is 0.877. The minimum atomic E-state index is -0.579. The fourth-order valence-corrected chi connectivity index (χ4v) is 1.84. The zero-order chi connectivity index (χ0) is 13.0. The van der Waals surface area contributed by atoms with E-state index >= 15 is 0 Å². The molecule has 0 spiro atoms. The van der Waals surface area contributed by atoms with Gasteiger partial charge in [0.25, 0.3) is 0 Å². The molecule has 0 saturated heterocycles. The van der Waals surface area contributed by atoms with Gasteiger partial charge in [-0.2, -0.15) is 0 Å². The lowest BCUT2D eigenvalue weighted by atomic mass is 10.0. The predicted molar refractivity (Wildman–Crippen MR) is 65.2 cm³/mol. The van der Waals surface area contributed by atoms with Crippen molar-refractivity contribution in [2.24, 2.45) is 0 Å². The maximum absolute atomic E-state index is 13.8. The van der Waals surface area contributed by atoms with E-state index in [0.29, 0.717) is 11.3 Å². The molecule has 2 aromatic rings. The van der Waals surface area contributed by atoms with E-state index in [4.69, 9.17) is 4.42 Å². The van der Waals surface area contributed by atoms with Gasteiger partial charge in [-0.25, -0.2) is 8.78 Å². The van der Waals surface area contributed by atoms with E-state index in [9.17, 15) is 8.78 Å². The summed E-state index contributed by atoms with van der Waals surface area (Å²) in [5.41, 5.74) is 0.389. The Hall–Kier alpha value is -1.68. The van der Waals surface area contributed by atoms with Crippen molar-refractivity contribution < 1.29 is 13.2 Å². The lowest BCUT2D eigenvalue weighted by Gasteiger charge is -2.17. The van der Waals surface area contributed by atoms with Crippen LogP contribution in [0.3, 0.4) is 0 Å². The van der Waals surface area contributed by atoms with Gasteiger partial charge in [0.15, 0.2) is 0 Å². The fourth-order valence-electron chi connectivity index (χ4n) is 1.84. The summed E-state index contributed by atoms with van der Waals surface area (Å²) in [6.45, 7) is 2.75. The summed E-state index contributed by atoms with van der Waals surface area (Å²) in [4.78, 5) is 0. The summed E-state index contributed by atoms with van der Waals surface area (Å²) in [5, 5.41) is 3.19. The molecule has 0 bridgehead atoms. The van der Waals surface area contributed by atoms with E-state index in [1.165, 1.54) is 18.4 Å². The average molecular weight is 251 g/mol. The summed E-state index contributed by atoms with van der Waals surface area (Å²) in [5.74, 6) is -0.529. The minimum Gasteiger partial charge on any atom is -0.467 e. The third-order valence-corrected chi connectivity index (χ3v) is 2.70. The van der Waals surface area contributed by atoms with Crippen molar-refractivity contribution in [3.05, 3.63) is 59.6 Å². The molecular formula is C14H15F2NO. The van der Waals surface area contributed by atoms with Crippen molar-refractivity contribution in [3.8, 4) is 0 Å². The molecule has 0 radical (unpaired) electrons. The van der Waals surface area contributed by atoms with Gasteiger partial charge < -0.3 is 9.73 Å². The smallest absolute Gasteiger partial charge is 0.131 e. The van der Waals surface area contributed by atoms with Crippen LogP contribution < -0.4 is 5.32 Å². The van der Waals surface area contributed by atoms with Crippen LogP contribution in [0.25, 0.3) is 0 Å². The van der Waals surface area contributed by atoms with Crippen LogP contribution >= 0.6 is 0 Å². The van der Waals surface area contributed by atoms with Gasteiger partial charge in [0, 0.05) is 11.6 Å². The molecule has 96 valence electrons. The van der Waals surface area contributed by atoms with Gasteiger partial charge in [-0.1, -0.05) is 13.0 Å². The lowest BCUT2D eigenvalue weighted by Crippen LogP contribution is -2.23. The summed E-state index contributed by atoms with van der Waals surface area (Å²) in [6, 6.07) is 6.72. The third kappa shape index (κ3) is 2.76. The van der Waals surface area contributed by atoms with Gasteiger partial charge in [-0.05, 0) is 31.2 Å². The number of furan rings is 1. The van der Waals surface area contributed by atoms with E-state index < -0.39 is 11.6 Å². The van der Waals surface area contributed by atoms with Crippen molar-refractivity contribution in [1.82, 2.24) is 5.32 Å². The highest BCUT2D eigenvalue weighted by Gasteiger charge is 2.19. The van der Waals surface area contributed by atoms with Crippen molar-refractivity contribution in [2.45, 2.75) is 19.4 Å². The highest BCUT2D eigenvalue weighted by atomic mass is 19.1. The standard InChI is InChI=1S/C14H15F2NO/c1-2-7-17-14(13-4-3-8-18-13)11-6-5-10(15)9-12(11)16/h3-6,8-9,14,17H,2,7H2,1H3. The van der Waals surface area contributed by atoms with Crippen molar-refractivity contribution in [3.63, 3.8) is 0 Å². The molecule has 2 nitrogen and oxygen atoms in total. The first-order valence-electron chi connectivity index (χ1n) is 5.94. The molecule has 1 aromatic heterocycles. The SMILES string of the molecule is CCCNC(c1ccco1)c1ccc(F)cc1F. The fraction of sp³-hybridized carbons (Fsp3) is 0.286. The van der Waals surface area contributed by atoms with E-state index in [2.05, 4.69) is 5.32 Å². The number of hydrogen-bond donors (Lipinski definition) is 1. The van der Waals surface area contributed by atoms with Crippen LogP contribution in [0.4, 0.5) is 8.78 Å². The summed E-state index contributed by atoms with van der Waals surface area (Å²) >= 11 is 0. The number of benzene rings is 1. The molecule has 1 aromatic carbocycles. The third-order valence-electron chi connectivity index (χ3n) is 2.70. The summed E-state index contributed by atoms with van der Waals surface area (Å²) < 4.78 is 32.0. The molecule has 0 aliphatic heterocycles. The Morgan fingerprint density at radius 1 is 1.28 bits per heavy atom. The van der Waals surface area contributed by atoms with Crippen LogP contribution in [0, 0.1) is 11.6 Å². The zero-order valence-corrected chi connectivity index (χ0v) is 10.1. The van der Waals surface area contributed by atoms with E-state index in [1.54, 1.807) is 12.1 Å². The van der Waals surface area contributed by atoms with Crippen LogP contribution in [0.15, 0.2) is 41.0 Å². The topological polar surface area (TPSA) is 25.2 Å². The van der Waals surface area contributed by atoms with Crippen LogP contribution in [-0.2, 0) is 0 Å². The summed E-state index contributed by atoms with van der Waals surface area (Å²) in [6.07, 6.45) is 2.46. The molecule has 4 heteroatoms. The molecule has 0 fully saturated rings. The number of halogens is 2. The van der Waals surface area contributed by atoms with Crippen molar-refractivity contribution in [2.75, 3.05) is 6.54 Å². The Kier molecular flexibility index (Phi) is 4.10. The van der Waals surface area contributed by atoms with Crippen LogP contribution in [0.1, 0.15) is 30.7 Å². The molecule has 0 aliphatic rings. The minimum absolute atomic E-state index is 0.388. The Morgan fingerprint density at radius 3 is 2.72 bits per heavy atom. The van der Waals surface area contributed by atoms with Gasteiger partial charge in [0.1, 0.15) is 17.4 Å². The first kappa shape index (κ1) is 12.8. The second kappa shape index (κ2) is 5.78. The highest BCUT2D eigenvalue weighted by Crippen LogP contribution is 2.25. The molecule has 2 rings (SSSR count). The first-order chi connectivity index (χ1) is 8.72. The van der Waals surface area contributed by atoms with Crippen molar-refractivity contribution >= 4 is 0 Å². The Bertz CT molecular complexity index is 497. The van der Waals surface area contributed by atoms with Crippen LogP contribution in [0.2, 0.25) is 0 Å². The molecule has 0 saturated carbocycles. The van der Waals surface area contributed by atoms with Gasteiger partial charge in [0.2, 0.25) is 0 Å². The maximum Gasteiger partial charge on any atom is 0.131 e. The lowest BCUT2D eigenvalue weighted by molar-refractivity contribution is 0.435. The Morgan fingerprint density at radius 2 is 2.11 bits per heavy atom. The normalized spacial score (nSPS) is 12.6. The molecule has 0 amide bonds. The summed E-state index contributed by atoms with van der Waals surface area (Å²) in [7, 11) is 0. The largest absolute Gasteiger partial charge is 0.467 e. The zero-order valence-electron chi connectivity index (χ0n) is 10.1. The van der Waals surface area contributed by atoms with Gasteiger partial charge >= 0.3 is 0 Å². The molecule has 18 heavy (non-hydrogen) atoms. The van der Waals surface area contributed by atoms with E-state index in [-0.39, 0.29) is 6.04 Å². The first-order valence-corrected chi connectivity index (χ1v) is 5.94. The van der Waals surface area contributed by atoms with Crippen LogP contribution in [-0.4, -0.2) is 6.54 Å². The molecule has 1 unspecified atom stereocenters. The molecular weight excluding hydrogens is 236 g/mol. The monoisotopic (exact) mass is 251 g/mol. The van der Waals surface area contributed by atoms with E-state index in [1.807, 2.05) is 6.92 Å². The second-order valence-corrected chi connectivity index (χ2v) is 4.07. The van der Waals surface area contributed by atoms with Gasteiger partial charge in [-0.15, -0.1) is 0 Å². The second-order valence-electron chi connectivity index (χ2n) is 4.07. The Labute approximate surface area is 105 Å². The van der Waals surface area contributed by atoms with Crippen LogP contribution in [0.5, 0.6) is 0 Å². The van der Waals surface area contributed by atoms with Gasteiger partial charge in [-0.3, -0.25) is 0 Å². The highest BCUT2D eigenvalue weighted by molar-refractivity contribution is 5.28. The molecule has 0 aliphatic carbocycles. The Balaban J connectivity index is 2.33. The maximum atomic E-state index is 13.8. The average Bonchev–Trinajstić information content (AvgIpc) is 2.85. The number of rotatable bonds is 5. The molecule has 1 atom stereocenters. The molecule has 1 N–H and O–H groups in total. The predicted octanol–water partition coefficient (Wildman–Crippen LogP) is 3.65. The number of nitrogens with one attached hydrogen (secondary N) is 1. The van der Waals surface area contributed by atoms with Crippen molar-refractivity contribution in [1.29, 1.82) is 0 Å². The molecule has 1 heterocycles. The van der Waals surface area contributed by atoms with E-state index in [0.717, 1.165) is 19.0 Å². The number of hydrogen-bond acceptors (Lipinski definition) is 2.